The van der Waals surface area contributed by atoms with Crippen LogP contribution < -0.4 is 10.1 Å². The molecular formula is C26H25ClN4O2S. The van der Waals surface area contributed by atoms with Crippen molar-refractivity contribution in [2.75, 3.05) is 17.7 Å². The van der Waals surface area contributed by atoms with E-state index in [4.69, 9.17) is 16.3 Å². The zero-order valence-electron chi connectivity index (χ0n) is 19.2. The van der Waals surface area contributed by atoms with E-state index in [0.717, 1.165) is 28.1 Å². The smallest absolute Gasteiger partial charge is 0.234 e. The van der Waals surface area contributed by atoms with Crippen molar-refractivity contribution >= 4 is 35.0 Å². The van der Waals surface area contributed by atoms with Crippen molar-refractivity contribution in [1.29, 1.82) is 0 Å². The molecule has 34 heavy (non-hydrogen) atoms. The Balaban J connectivity index is 1.61. The van der Waals surface area contributed by atoms with Crippen LogP contribution in [-0.4, -0.2) is 33.0 Å². The second-order valence-corrected chi connectivity index (χ2v) is 9.11. The predicted octanol–water partition coefficient (Wildman–Crippen LogP) is 6.33. The molecule has 174 valence electrons. The quantitative estimate of drug-likeness (QED) is 0.291. The van der Waals surface area contributed by atoms with Crippen molar-refractivity contribution in [2.45, 2.75) is 25.9 Å². The van der Waals surface area contributed by atoms with Crippen LogP contribution in [0.15, 0.2) is 71.9 Å². The SMILES string of the molecule is CCOc1ccc(-n2c(SCC(=O)Nc3cc(Cl)ccc3C)nnc2-c2cccc(C)c2)cc1. The van der Waals surface area contributed by atoms with Gasteiger partial charge in [0, 0.05) is 22.0 Å². The van der Waals surface area contributed by atoms with Gasteiger partial charge in [-0.05, 0) is 68.8 Å². The van der Waals surface area contributed by atoms with Crippen molar-refractivity contribution in [3.05, 3.63) is 82.9 Å². The van der Waals surface area contributed by atoms with E-state index in [1.807, 2.05) is 73.9 Å². The maximum atomic E-state index is 12.7. The number of aromatic nitrogens is 3. The van der Waals surface area contributed by atoms with Gasteiger partial charge in [-0.15, -0.1) is 10.2 Å². The van der Waals surface area contributed by atoms with Crippen LogP contribution in [0.25, 0.3) is 17.1 Å². The minimum Gasteiger partial charge on any atom is -0.494 e. The lowest BCUT2D eigenvalue weighted by atomic mass is 10.1. The molecule has 0 aliphatic rings. The van der Waals surface area contributed by atoms with Gasteiger partial charge in [-0.1, -0.05) is 53.2 Å². The van der Waals surface area contributed by atoms with Crippen molar-refractivity contribution < 1.29 is 9.53 Å². The Morgan fingerprint density at radius 1 is 1.06 bits per heavy atom. The molecule has 0 saturated carbocycles. The molecule has 8 heteroatoms. The normalized spacial score (nSPS) is 10.8. The molecule has 6 nitrogen and oxygen atoms in total. The molecule has 4 rings (SSSR count). The van der Waals surface area contributed by atoms with Gasteiger partial charge in [0.15, 0.2) is 11.0 Å². The fraction of sp³-hybridized carbons (Fsp3) is 0.192. The van der Waals surface area contributed by atoms with Gasteiger partial charge in [-0.2, -0.15) is 0 Å². The third kappa shape index (κ3) is 5.61. The van der Waals surface area contributed by atoms with Gasteiger partial charge in [0.25, 0.3) is 0 Å². The molecule has 1 N–H and O–H groups in total. The lowest BCUT2D eigenvalue weighted by molar-refractivity contribution is -0.113. The molecular weight excluding hydrogens is 468 g/mol. The first-order valence-corrected chi connectivity index (χ1v) is 12.3. The van der Waals surface area contributed by atoms with Crippen LogP contribution in [-0.2, 0) is 4.79 Å². The topological polar surface area (TPSA) is 69.0 Å². The summed E-state index contributed by atoms with van der Waals surface area (Å²) in [5, 5.41) is 13.0. The molecule has 4 aromatic rings. The number of nitrogens with zero attached hydrogens (tertiary/aromatic N) is 3. The summed E-state index contributed by atoms with van der Waals surface area (Å²) >= 11 is 7.40. The molecule has 0 aliphatic carbocycles. The Hall–Kier alpha value is -3.29. The molecule has 0 spiro atoms. The van der Waals surface area contributed by atoms with Crippen LogP contribution in [0.1, 0.15) is 18.1 Å². The monoisotopic (exact) mass is 492 g/mol. The zero-order chi connectivity index (χ0) is 24.1. The molecule has 0 bridgehead atoms. The maximum Gasteiger partial charge on any atom is 0.234 e. The van der Waals surface area contributed by atoms with Gasteiger partial charge in [0.05, 0.1) is 12.4 Å². The number of thioether (sulfide) groups is 1. The average Bonchev–Trinajstić information content (AvgIpc) is 3.25. The fourth-order valence-corrected chi connectivity index (χ4v) is 4.39. The summed E-state index contributed by atoms with van der Waals surface area (Å²) < 4.78 is 7.55. The minimum atomic E-state index is -0.145. The van der Waals surface area contributed by atoms with E-state index >= 15 is 0 Å². The Morgan fingerprint density at radius 2 is 1.85 bits per heavy atom. The number of benzene rings is 3. The summed E-state index contributed by atoms with van der Waals surface area (Å²) in [6, 6.07) is 21.3. The van der Waals surface area contributed by atoms with Gasteiger partial charge < -0.3 is 10.1 Å². The number of aryl methyl sites for hydroxylation is 2. The van der Waals surface area contributed by atoms with Crippen LogP contribution in [0.2, 0.25) is 5.02 Å². The molecule has 0 radical (unpaired) electrons. The van der Waals surface area contributed by atoms with Crippen LogP contribution in [0.4, 0.5) is 5.69 Å². The van der Waals surface area contributed by atoms with E-state index in [0.29, 0.717) is 28.3 Å². The summed E-state index contributed by atoms with van der Waals surface area (Å²) in [6.07, 6.45) is 0. The number of carbonyl (C=O) groups is 1. The highest BCUT2D eigenvalue weighted by atomic mass is 35.5. The molecule has 0 atom stereocenters. The zero-order valence-corrected chi connectivity index (χ0v) is 20.8. The molecule has 0 saturated heterocycles. The largest absolute Gasteiger partial charge is 0.494 e. The number of halogens is 1. The number of ether oxygens (including phenoxy) is 1. The van der Waals surface area contributed by atoms with Gasteiger partial charge in [0.1, 0.15) is 5.75 Å². The van der Waals surface area contributed by atoms with Gasteiger partial charge in [-0.25, -0.2) is 0 Å². The number of anilines is 1. The molecule has 1 amide bonds. The number of amides is 1. The first-order valence-electron chi connectivity index (χ1n) is 10.9. The Morgan fingerprint density at radius 3 is 2.59 bits per heavy atom. The van der Waals surface area contributed by atoms with E-state index in [1.165, 1.54) is 11.8 Å². The summed E-state index contributed by atoms with van der Waals surface area (Å²) in [5.74, 6) is 1.53. The van der Waals surface area contributed by atoms with Gasteiger partial charge in [-0.3, -0.25) is 9.36 Å². The number of nitrogens with one attached hydrogen (secondary N) is 1. The van der Waals surface area contributed by atoms with Crippen LogP contribution in [0.3, 0.4) is 0 Å². The third-order valence-corrected chi connectivity index (χ3v) is 6.29. The first kappa shape index (κ1) is 23.9. The van der Waals surface area contributed by atoms with E-state index in [-0.39, 0.29) is 11.7 Å². The van der Waals surface area contributed by atoms with Crippen LogP contribution >= 0.6 is 23.4 Å². The van der Waals surface area contributed by atoms with E-state index < -0.39 is 0 Å². The Labute approximate surface area is 208 Å². The number of hydrogen-bond acceptors (Lipinski definition) is 5. The summed E-state index contributed by atoms with van der Waals surface area (Å²) in [5.41, 5.74) is 4.61. The second-order valence-electron chi connectivity index (χ2n) is 7.73. The summed E-state index contributed by atoms with van der Waals surface area (Å²) in [6.45, 7) is 6.52. The van der Waals surface area contributed by atoms with Crippen LogP contribution in [0, 0.1) is 13.8 Å². The molecule has 3 aromatic carbocycles. The van der Waals surface area contributed by atoms with E-state index in [9.17, 15) is 4.79 Å². The van der Waals surface area contributed by atoms with Gasteiger partial charge in [0.2, 0.25) is 5.91 Å². The lowest BCUT2D eigenvalue weighted by Gasteiger charge is -2.12. The molecule has 1 heterocycles. The number of rotatable bonds is 8. The van der Waals surface area contributed by atoms with Crippen molar-refractivity contribution in [2.24, 2.45) is 0 Å². The molecule has 0 unspecified atom stereocenters. The minimum absolute atomic E-state index is 0.145. The second kappa shape index (κ2) is 10.8. The lowest BCUT2D eigenvalue weighted by Crippen LogP contribution is -2.15. The highest BCUT2D eigenvalue weighted by Crippen LogP contribution is 2.30. The molecule has 0 fully saturated rings. The van der Waals surface area contributed by atoms with Crippen molar-refractivity contribution in [3.63, 3.8) is 0 Å². The third-order valence-electron chi connectivity index (χ3n) is 5.12. The van der Waals surface area contributed by atoms with Crippen molar-refractivity contribution in [3.8, 4) is 22.8 Å². The Kier molecular flexibility index (Phi) is 7.55. The van der Waals surface area contributed by atoms with E-state index in [2.05, 4.69) is 21.6 Å². The maximum absolute atomic E-state index is 12.7. The summed E-state index contributed by atoms with van der Waals surface area (Å²) in [7, 11) is 0. The fourth-order valence-electron chi connectivity index (χ4n) is 3.47. The first-order chi connectivity index (χ1) is 16.4. The highest BCUT2D eigenvalue weighted by Gasteiger charge is 2.18. The van der Waals surface area contributed by atoms with Gasteiger partial charge >= 0.3 is 0 Å². The highest BCUT2D eigenvalue weighted by molar-refractivity contribution is 7.99. The average molecular weight is 493 g/mol. The molecule has 1 aromatic heterocycles. The Bertz CT molecular complexity index is 1300. The van der Waals surface area contributed by atoms with Crippen molar-refractivity contribution in [1.82, 2.24) is 14.8 Å². The number of carbonyl (C=O) groups excluding carboxylic acids is 1. The van der Waals surface area contributed by atoms with E-state index in [1.54, 1.807) is 12.1 Å². The summed E-state index contributed by atoms with van der Waals surface area (Å²) in [4.78, 5) is 12.7. The molecule has 0 aliphatic heterocycles. The predicted molar refractivity (Wildman–Crippen MR) is 138 cm³/mol. The standard InChI is InChI=1S/C26H25ClN4O2S/c1-4-33-22-12-10-21(11-13-22)31-25(19-7-5-6-17(2)14-19)29-30-26(31)34-16-24(32)28-23-15-20(27)9-8-18(23)3/h5-15H,4,16H2,1-3H3,(H,28,32). The van der Waals surface area contributed by atoms with Crippen LogP contribution in [0.5, 0.6) is 5.75 Å². The number of hydrogen-bond donors (Lipinski definition) is 1.